The van der Waals surface area contributed by atoms with Crippen LogP contribution in [0.15, 0.2) is 53.4 Å². The number of likely N-dealkylation sites (N-methyl/N-ethyl adjacent to an activating group) is 1. The molecule has 1 spiro atoms. The van der Waals surface area contributed by atoms with E-state index in [-0.39, 0.29) is 11.6 Å². The van der Waals surface area contributed by atoms with Gasteiger partial charge in [0.2, 0.25) is 5.91 Å². The molecule has 0 unspecified atom stereocenters. The molecule has 1 fully saturated rings. The van der Waals surface area contributed by atoms with Crippen LogP contribution in [0.25, 0.3) is 11.1 Å². The van der Waals surface area contributed by atoms with Crippen molar-refractivity contribution in [2.75, 3.05) is 23.6 Å². The summed E-state index contributed by atoms with van der Waals surface area (Å²) in [6.07, 6.45) is 3.23. The zero-order chi connectivity index (χ0) is 25.2. The quantitative estimate of drug-likeness (QED) is 0.530. The molecule has 2 heterocycles. The van der Waals surface area contributed by atoms with Crippen molar-refractivity contribution in [1.29, 1.82) is 0 Å². The van der Waals surface area contributed by atoms with E-state index in [0.29, 0.717) is 30.2 Å². The summed E-state index contributed by atoms with van der Waals surface area (Å²) >= 11 is 0. The molecule has 0 saturated heterocycles. The Morgan fingerprint density at radius 1 is 1.03 bits per heavy atom. The van der Waals surface area contributed by atoms with Gasteiger partial charge in [-0.2, -0.15) is 0 Å². The second kappa shape index (κ2) is 8.11. The number of amides is 1. The van der Waals surface area contributed by atoms with Gasteiger partial charge in [-0.3, -0.25) is 9.52 Å². The second-order valence-corrected chi connectivity index (χ2v) is 11.6. The lowest BCUT2D eigenvalue weighted by Crippen LogP contribution is -2.40. The number of halogens is 2. The van der Waals surface area contributed by atoms with E-state index >= 15 is 0 Å². The normalized spacial score (nSPS) is 18.4. The van der Waals surface area contributed by atoms with Gasteiger partial charge in [0.05, 0.1) is 11.1 Å². The van der Waals surface area contributed by atoms with Crippen LogP contribution in [0.4, 0.5) is 20.2 Å². The maximum Gasteiger partial charge on any atom is 0.264 e. The topological polar surface area (TPSA) is 78.5 Å². The van der Waals surface area contributed by atoms with Crippen molar-refractivity contribution >= 4 is 27.3 Å². The van der Waals surface area contributed by atoms with Crippen LogP contribution in [0.3, 0.4) is 0 Å². The van der Waals surface area contributed by atoms with Crippen LogP contribution in [-0.4, -0.2) is 32.8 Å². The molecule has 1 saturated carbocycles. The average molecular weight is 510 g/mol. The lowest BCUT2D eigenvalue weighted by atomic mass is 9.65. The molecule has 3 aliphatic rings. The Kier molecular flexibility index (Phi) is 5.21. The summed E-state index contributed by atoms with van der Waals surface area (Å²) < 4.78 is 56.3. The van der Waals surface area contributed by atoms with Gasteiger partial charge < -0.3 is 10.2 Å². The summed E-state index contributed by atoms with van der Waals surface area (Å²) in [5, 5.41) is 3.05. The molecular formula is C27H25F2N3O3S. The van der Waals surface area contributed by atoms with Crippen molar-refractivity contribution in [3.05, 3.63) is 76.9 Å². The molecule has 186 valence electrons. The predicted molar refractivity (Wildman–Crippen MR) is 133 cm³/mol. The van der Waals surface area contributed by atoms with Gasteiger partial charge in [0.25, 0.3) is 10.0 Å². The number of sulfonamides is 1. The number of anilines is 2. The van der Waals surface area contributed by atoms with Gasteiger partial charge >= 0.3 is 0 Å². The average Bonchev–Trinajstić information content (AvgIpc) is 3.09. The number of nitrogens with zero attached hydrogens (tertiary/aromatic N) is 1. The first-order valence-corrected chi connectivity index (χ1v) is 13.4. The van der Waals surface area contributed by atoms with E-state index in [1.165, 1.54) is 11.1 Å². The Hall–Kier alpha value is -3.30. The maximum atomic E-state index is 14.3. The molecule has 0 aromatic heterocycles. The third kappa shape index (κ3) is 3.60. The number of carbonyl (C=O) groups is 1. The molecule has 36 heavy (non-hydrogen) atoms. The number of hydrogen-bond acceptors (Lipinski definition) is 4. The first-order valence-electron chi connectivity index (χ1n) is 11.9. The summed E-state index contributed by atoms with van der Waals surface area (Å²) in [6, 6.07) is 11.9. The highest BCUT2D eigenvalue weighted by Gasteiger charge is 2.52. The van der Waals surface area contributed by atoms with Crippen LogP contribution >= 0.6 is 0 Å². The molecule has 6 nitrogen and oxygen atoms in total. The molecule has 1 amide bonds. The fourth-order valence-electron chi connectivity index (χ4n) is 5.59. The van der Waals surface area contributed by atoms with Crippen molar-refractivity contribution in [2.24, 2.45) is 0 Å². The number of benzene rings is 3. The maximum absolute atomic E-state index is 14.3. The van der Waals surface area contributed by atoms with Crippen LogP contribution in [0.5, 0.6) is 0 Å². The molecule has 3 aromatic rings. The van der Waals surface area contributed by atoms with E-state index in [2.05, 4.69) is 34.1 Å². The van der Waals surface area contributed by atoms with Gasteiger partial charge in [-0.25, -0.2) is 17.2 Å². The van der Waals surface area contributed by atoms with Crippen LogP contribution in [0.1, 0.15) is 36.0 Å². The van der Waals surface area contributed by atoms with E-state index in [1.807, 2.05) is 6.07 Å². The first-order chi connectivity index (χ1) is 17.2. The molecule has 1 aliphatic carbocycles. The fraction of sp³-hybridized carbons (Fsp3) is 0.296. The first kappa shape index (κ1) is 23.1. The summed E-state index contributed by atoms with van der Waals surface area (Å²) in [5.74, 6) is -2.11. The molecule has 0 radical (unpaired) electrons. The standard InChI is InChI=1S/C27H25F2N3O3S/c1-32-10-7-16-3-4-17(11-18(16)15-32)21-13-20(14-22-25(21)30-26(33)27(22)8-2-9-27)31-36(34,35)24-6-5-19(28)12-23(24)29/h3-6,11-14,31H,2,7-10,15H2,1H3,(H,30,33). The van der Waals surface area contributed by atoms with Crippen molar-refractivity contribution in [3.63, 3.8) is 0 Å². The molecule has 0 atom stereocenters. The predicted octanol–water partition coefficient (Wildman–Crippen LogP) is 4.79. The molecular weight excluding hydrogens is 484 g/mol. The molecule has 3 aromatic carbocycles. The Morgan fingerprint density at radius 3 is 2.56 bits per heavy atom. The lowest BCUT2D eigenvalue weighted by Gasteiger charge is -2.36. The van der Waals surface area contributed by atoms with E-state index < -0.39 is 32.0 Å². The number of fused-ring (bicyclic) bond motifs is 3. The van der Waals surface area contributed by atoms with Crippen molar-refractivity contribution in [2.45, 2.75) is 42.5 Å². The Labute approximate surface area is 208 Å². The van der Waals surface area contributed by atoms with E-state index in [9.17, 15) is 22.0 Å². The van der Waals surface area contributed by atoms with Gasteiger partial charge in [0.15, 0.2) is 0 Å². The molecule has 2 N–H and O–H groups in total. The summed E-state index contributed by atoms with van der Waals surface area (Å²) in [7, 11) is -2.27. The monoisotopic (exact) mass is 509 g/mol. The third-order valence-electron chi connectivity index (χ3n) is 7.69. The molecule has 9 heteroatoms. The zero-order valence-corrected chi connectivity index (χ0v) is 20.5. The zero-order valence-electron chi connectivity index (χ0n) is 19.7. The van der Waals surface area contributed by atoms with Crippen molar-refractivity contribution in [3.8, 4) is 11.1 Å². The van der Waals surface area contributed by atoms with Crippen LogP contribution in [0, 0.1) is 11.6 Å². The van der Waals surface area contributed by atoms with Crippen LogP contribution < -0.4 is 10.0 Å². The van der Waals surface area contributed by atoms with Gasteiger partial charge in [-0.1, -0.05) is 18.6 Å². The van der Waals surface area contributed by atoms with E-state index in [1.54, 1.807) is 12.1 Å². The van der Waals surface area contributed by atoms with Gasteiger partial charge in [-0.15, -0.1) is 0 Å². The Bertz CT molecular complexity index is 1530. The minimum atomic E-state index is -4.34. The summed E-state index contributed by atoms with van der Waals surface area (Å²) in [6.45, 7) is 1.79. The van der Waals surface area contributed by atoms with Gasteiger partial charge in [0, 0.05) is 30.4 Å². The molecule has 6 rings (SSSR count). The second-order valence-electron chi connectivity index (χ2n) is 9.99. The summed E-state index contributed by atoms with van der Waals surface area (Å²) in [5.41, 5.74) is 5.03. The highest BCUT2D eigenvalue weighted by Crippen LogP contribution is 2.54. The number of carbonyl (C=O) groups excluding carboxylic acids is 1. The molecule has 0 bridgehead atoms. The number of hydrogen-bond donors (Lipinski definition) is 2. The van der Waals surface area contributed by atoms with Crippen LogP contribution in [0.2, 0.25) is 0 Å². The number of nitrogens with one attached hydrogen (secondary N) is 2. The SMILES string of the molecule is CN1CCc2ccc(-c3cc(NS(=O)(=O)c4ccc(F)cc4F)cc4c3NC(=O)C43CCC3)cc2C1. The fourth-order valence-corrected chi connectivity index (χ4v) is 6.69. The smallest absolute Gasteiger partial charge is 0.264 e. The Morgan fingerprint density at radius 2 is 1.83 bits per heavy atom. The highest BCUT2D eigenvalue weighted by atomic mass is 32.2. The summed E-state index contributed by atoms with van der Waals surface area (Å²) in [4.78, 5) is 14.6. The largest absolute Gasteiger partial charge is 0.324 e. The molecule has 2 aliphatic heterocycles. The van der Waals surface area contributed by atoms with E-state index in [4.69, 9.17) is 0 Å². The van der Waals surface area contributed by atoms with Gasteiger partial charge in [-0.05, 0) is 78.9 Å². The Balaban J connectivity index is 1.48. The van der Waals surface area contributed by atoms with Crippen LogP contribution in [-0.2, 0) is 33.2 Å². The van der Waals surface area contributed by atoms with Crippen molar-refractivity contribution < 1.29 is 22.0 Å². The number of rotatable bonds is 4. The minimum Gasteiger partial charge on any atom is -0.324 e. The van der Waals surface area contributed by atoms with E-state index in [0.717, 1.165) is 49.2 Å². The van der Waals surface area contributed by atoms with Gasteiger partial charge in [0.1, 0.15) is 16.5 Å². The third-order valence-corrected chi connectivity index (χ3v) is 9.10. The lowest BCUT2D eigenvalue weighted by molar-refractivity contribution is -0.123. The minimum absolute atomic E-state index is 0.0766. The highest BCUT2D eigenvalue weighted by molar-refractivity contribution is 7.92. The van der Waals surface area contributed by atoms with Crippen molar-refractivity contribution in [1.82, 2.24) is 4.90 Å².